The molecule has 77 heavy (non-hydrogen) atoms. The first-order valence-corrected chi connectivity index (χ1v) is 25.2. The molecule has 3 aromatic heterocycles. The summed E-state index contributed by atoms with van der Waals surface area (Å²) in [5.74, 6) is -4.18. The third kappa shape index (κ3) is 11.2. The maximum Gasteiger partial charge on any atom is 0.337 e. The van der Waals surface area contributed by atoms with Gasteiger partial charge >= 0.3 is 11.9 Å². The van der Waals surface area contributed by atoms with Crippen LogP contribution in [0.25, 0.3) is 44.3 Å². The van der Waals surface area contributed by atoms with Crippen LogP contribution >= 0.6 is 0 Å². The maximum atomic E-state index is 14.3. The number of carbonyl (C=O) groups excluding carboxylic acids is 2. The molecule has 1 saturated carbocycles. The van der Waals surface area contributed by atoms with Crippen molar-refractivity contribution in [3.8, 4) is 33.9 Å². The van der Waals surface area contributed by atoms with Crippen molar-refractivity contribution in [2.24, 2.45) is 10.7 Å². The van der Waals surface area contributed by atoms with E-state index in [1.165, 1.54) is 59.7 Å². The number of esters is 1. The maximum absolute atomic E-state index is 14.3. The number of nitrogens with two attached hydrogens (primary N) is 1. The molecule has 4 heterocycles. The van der Waals surface area contributed by atoms with Gasteiger partial charge in [0.15, 0.2) is 28.7 Å². The number of aliphatic hydroxyl groups excluding tert-OH is 4. The zero-order valence-electron chi connectivity index (χ0n) is 42.3. The molecule has 2 fully saturated rings. The summed E-state index contributed by atoms with van der Waals surface area (Å²) >= 11 is 0. The lowest BCUT2D eigenvalue weighted by Gasteiger charge is -2.59. The number of guanidine groups is 1. The summed E-state index contributed by atoms with van der Waals surface area (Å²) in [5, 5.41) is 98.9. The summed E-state index contributed by atoms with van der Waals surface area (Å²) in [6, 6.07) is 14.6. The SMILES string of the molecule is Cc1cc(C)cc(-c2c3[nH]ccc3cn2OC2C(Oc3ccc4c(=O)c(-c5ccc(O)cc5)coc4c3)OC(C(CO)(NC(N)=NC3CCCCC3)OC(=O)C(NCCC=O)C(=O)O)C(O)(CO)C2(O)C(O)CCCO)c1. The molecule has 0 radical (unpaired) electrons. The number of rotatable bonds is 22. The molecule has 1 saturated heterocycles. The Morgan fingerprint density at radius 1 is 1.01 bits per heavy atom. The number of aliphatic imine (C=N–C) groups is 1. The van der Waals surface area contributed by atoms with Crippen molar-refractivity contribution in [2.45, 2.75) is 119 Å². The topological polar surface area (TPSA) is 363 Å². The summed E-state index contributed by atoms with van der Waals surface area (Å²) < 4.78 is 26.3. The molecule has 1 aliphatic carbocycles. The van der Waals surface area contributed by atoms with Gasteiger partial charge in [0.25, 0.3) is 0 Å². The van der Waals surface area contributed by atoms with Crippen LogP contribution in [0.1, 0.15) is 62.5 Å². The van der Waals surface area contributed by atoms with Gasteiger partial charge in [0.1, 0.15) is 41.9 Å². The average molecular weight is 1070 g/mol. The quantitative estimate of drug-likeness (QED) is 0.00880. The molecule has 2 aliphatic rings. The summed E-state index contributed by atoms with van der Waals surface area (Å²) in [4.78, 5) is 66.7. The van der Waals surface area contributed by atoms with Crippen LogP contribution in [0.4, 0.5) is 0 Å². The predicted molar refractivity (Wildman–Crippen MR) is 277 cm³/mol. The standard InChI is InChI=1S/C54H64N6O17/c1-30-22-31(2)24-34(23-30)44-42-33(17-19-57-42)26-60(44)77-46-49(74-37-15-16-38-40(25-37)73-27-39(45(38)67)32-11-13-36(65)14-12-32)75-50(52(71,28-63)54(46,72)41(66)10-6-20-61)53(29-64,59-51(55)58-35-8-4-3-5-9-35)76-48(70)43(47(68)69)56-18-7-21-62/h11-17,19,21-27,35,41,43,46,49-50,56-57,61,63-66,71-72H,3-10,18,20,28-29H2,1-2H3,(H,68,69)(H3,55,58,59). The van der Waals surface area contributed by atoms with Gasteiger partial charge in [-0.3, -0.25) is 15.1 Å². The second-order valence-electron chi connectivity index (χ2n) is 19.6. The molecule has 23 heteroatoms. The fourth-order valence-electron chi connectivity index (χ4n) is 10.4. The van der Waals surface area contributed by atoms with Crippen LogP contribution in [0.5, 0.6) is 11.5 Å². The van der Waals surface area contributed by atoms with E-state index < -0.39 is 103 Å². The summed E-state index contributed by atoms with van der Waals surface area (Å²) in [7, 11) is 0. The van der Waals surface area contributed by atoms with E-state index in [2.05, 4.69) is 20.6 Å². The van der Waals surface area contributed by atoms with Crippen LogP contribution < -0.4 is 31.4 Å². The number of carboxylic acid groups (broad SMARTS) is 1. The van der Waals surface area contributed by atoms with Gasteiger partial charge in [-0.2, -0.15) is 4.73 Å². The number of carboxylic acids is 1. The van der Waals surface area contributed by atoms with E-state index in [9.17, 15) is 60.0 Å². The number of carbonyl (C=O) groups is 3. The number of aryl methyl sites for hydroxylation is 2. The molecule has 8 unspecified atom stereocenters. The molecular weight excluding hydrogens is 1000 g/mol. The van der Waals surface area contributed by atoms with Crippen molar-refractivity contribution in [2.75, 3.05) is 26.4 Å². The second-order valence-corrected chi connectivity index (χ2v) is 19.6. The lowest BCUT2D eigenvalue weighted by molar-refractivity contribution is -0.400. The Balaban J connectivity index is 1.34. The lowest BCUT2D eigenvalue weighted by Crippen LogP contribution is -2.86. The largest absolute Gasteiger partial charge is 0.508 e. The Hall–Kier alpha value is -7.35. The van der Waals surface area contributed by atoms with Crippen LogP contribution in [-0.4, -0.2) is 155 Å². The fourth-order valence-corrected chi connectivity index (χ4v) is 10.4. The molecule has 23 nitrogen and oxygen atoms in total. The molecule has 13 N–H and O–H groups in total. The van der Waals surface area contributed by atoms with Crippen molar-refractivity contribution < 1.29 is 78.7 Å². The third-order valence-electron chi connectivity index (χ3n) is 14.1. The first kappa shape index (κ1) is 55.9. The van der Waals surface area contributed by atoms with Gasteiger partial charge in [0, 0.05) is 42.8 Å². The fraction of sp³-hybridized carbons (Fsp3) is 0.426. The Bertz CT molecular complexity index is 3130. The van der Waals surface area contributed by atoms with Gasteiger partial charge < -0.3 is 85.1 Å². The molecule has 8 rings (SSSR count). The highest BCUT2D eigenvalue weighted by Gasteiger charge is 2.75. The van der Waals surface area contributed by atoms with Crippen molar-refractivity contribution >= 4 is 46.1 Å². The highest BCUT2D eigenvalue weighted by atomic mass is 16.8. The monoisotopic (exact) mass is 1070 g/mol. The first-order chi connectivity index (χ1) is 36.9. The number of nitrogens with one attached hydrogen (secondary N) is 3. The lowest BCUT2D eigenvalue weighted by atomic mass is 9.66. The number of aliphatic hydroxyl groups is 6. The number of nitrogens with zero attached hydrogens (tertiary/aromatic N) is 2. The number of ether oxygens (including phenoxy) is 3. The smallest absolute Gasteiger partial charge is 0.337 e. The summed E-state index contributed by atoms with van der Waals surface area (Å²) in [6.07, 6.45) is -1.71. The Kier molecular flexibility index (Phi) is 17.0. The average Bonchev–Trinajstić information content (AvgIpc) is 4.14. The van der Waals surface area contributed by atoms with Crippen molar-refractivity contribution in [3.63, 3.8) is 0 Å². The van der Waals surface area contributed by atoms with Crippen LogP contribution in [0, 0.1) is 13.8 Å². The summed E-state index contributed by atoms with van der Waals surface area (Å²) in [6.45, 7) is -0.208. The minimum Gasteiger partial charge on any atom is -0.508 e. The number of benzene rings is 3. The Morgan fingerprint density at radius 2 is 1.74 bits per heavy atom. The van der Waals surface area contributed by atoms with Crippen molar-refractivity contribution in [1.29, 1.82) is 0 Å². The number of hydrogen-bond donors (Lipinski definition) is 12. The van der Waals surface area contributed by atoms with Crippen LogP contribution in [0.15, 0.2) is 99.6 Å². The van der Waals surface area contributed by atoms with Crippen LogP contribution in [-0.2, 0) is 23.9 Å². The van der Waals surface area contributed by atoms with E-state index >= 15 is 0 Å². The minimum absolute atomic E-state index is 0.0231. The number of hydrogen-bond acceptors (Lipinski definition) is 18. The highest BCUT2D eigenvalue weighted by Crippen LogP contribution is 2.47. The number of aliphatic carboxylic acids is 1. The molecular formula is C54H64N6O17. The molecule has 0 bridgehead atoms. The van der Waals surface area contributed by atoms with E-state index in [-0.39, 0.29) is 47.4 Å². The molecule has 0 spiro atoms. The number of phenolic OH excluding ortho intramolecular Hbond substituents is 1. The third-order valence-corrected chi connectivity index (χ3v) is 14.1. The van der Waals surface area contributed by atoms with Gasteiger partial charge in [-0.25, -0.2) is 9.59 Å². The number of fused-ring (bicyclic) bond motifs is 2. The van der Waals surface area contributed by atoms with Crippen LogP contribution in [0.2, 0.25) is 0 Å². The first-order valence-electron chi connectivity index (χ1n) is 25.2. The van der Waals surface area contributed by atoms with Crippen molar-refractivity contribution in [3.05, 3.63) is 107 Å². The number of aromatic hydroxyl groups is 1. The van der Waals surface area contributed by atoms with Gasteiger partial charge in [-0.15, -0.1) is 0 Å². The normalized spacial score (nSPS) is 22.8. The van der Waals surface area contributed by atoms with Crippen molar-refractivity contribution in [1.82, 2.24) is 20.3 Å². The van der Waals surface area contributed by atoms with E-state index in [1.807, 2.05) is 32.0 Å². The van der Waals surface area contributed by atoms with E-state index in [1.54, 1.807) is 12.3 Å². The van der Waals surface area contributed by atoms with Gasteiger partial charge in [-0.1, -0.05) is 48.6 Å². The van der Waals surface area contributed by atoms with Crippen LogP contribution in [0.3, 0.4) is 0 Å². The van der Waals surface area contributed by atoms with Gasteiger partial charge in [-0.05, 0) is 87.6 Å². The predicted octanol–water partition coefficient (Wildman–Crippen LogP) is 2.02. The number of aromatic nitrogens is 2. The van der Waals surface area contributed by atoms with Gasteiger partial charge in [0.05, 0.1) is 41.4 Å². The Morgan fingerprint density at radius 3 is 2.40 bits per heavy atom. The summed E-state index contributed by atoms with van der Waals surface area (Å²) in [5.41, 5.74) is 0.0474. The van der Waals surface area contributed by atoms with E-state index in [0.717, 1.165) is 30.4 Å². The molecule has 0 amide bonds. The number of aldehydes is 1. The highest BCUT2D eigenvalue weighted by molar-refractivity contribution is 5.98. The zero-order valence-corrected chi connectivity index (χ0v) is 42.3. The zero-order chi connectivity index (χ0) is 55.2. The Labute approximate surface area is 440 Å². The number of aromatic amines is 1. The van der Waals surface area contributed by atoms with E-state index in [0.29, 0.717) is 46.9 Å². The molecule has 6 aromatic rings. The molecule has 412 valence electrons. The minimum atomic E-state index is -3.41. The second kappa shape index (κ2) is 23.5. The number of H-pyrrole nitrogens is 1. The van der Waals surface area contributed by atoms with Gasteiger partial charge in [0.2, 0.25) is 24.2 Å². The molecule has 8 atom stereocenters. The van der Waals surface area contributed by atoms with E-state index in [4.69, 9.17) is 29.2 Å². The number of phenols is 1. The molecule has 3 aromatic carbocycles. The molecule has 1 aliphatic heterocycles.